The van der Waals surface area contributed by atoms with Crippen molar-refractivity contribution >= 4 is 28.8 Å². The number of anilines is 4. The summed E-state index contributed by atoms with van der Waals surface area (Å²) < 4.78 is 0. The highest BCUT2D eigenvalue weighted by molar-refractivity contribution is 5.93. The van der Waals surface area contributed by atoms with Crippen molar-refractivity contribution < 1.29 is 4.79 Å². The second-order valence-electron chi connectivity index (χ2n) is 6.92. The van der Waals surface area contributed by atoms with Crippen molar-refractivity contribution in [2.75, 3.05) is 28.6 Å². The molecular weight excluding hydrogens is 312 g/mol. The van der Waals surface area contributed by atoms with Gasteiger partial charge in [-0.1, -0.05) is 0 Å². The van der Waals surface area contributed by atoms with Gasteiger partial charge in [0, 0.05) is 30.4 Å². The SMILES string of the molecule is O=C(Nc1ccc(Nc2ccc(N3CCCCC3)cc2)nc1)C1CC1. The summed E-state index contributed by atoms with van der Waals surface area (Å²) in [5.74, 6) is 1.09. The minimum Gasteiger partial charge on any atom is -0.372 e. The Balaban J connectivity index is 1.35. The van der Waals surface area contributed by atoms with Crippen LogP contribution in [-0.2, 0) is 4.79 Å². The fraction of sp³-hybridized carbons (Fsp3) is 0.400. The number of aromatic nitrogens is 1. The molecule has 0 unspecified atom stereocenters. The van der Waals surface area contributed by atoms with Gasteiger partial charge in [-0.15, -0.1) is 0 Å². The number of pyridine rings is 1. The van der Waals surface area contributed by atoms with Gasteiger partial charge in [0.25, 0.3) is 0 Å². The molecular formula is C20H24N4O. The monoisotopic (exact) mass is 336 g/mol. The van der Waals surface area contributed by atoms with Crippen molar-refractivity contribution in [3.63, 3.8) is 0 Å². The summed E-state index contributed by atoms with van der Waals surface area (Å²) in [6.45, 7) is 2.31. The number of amides is 1. The number of carbonyl (C=O) groups excluding carboxylic acids is 1. The van der Waals surface area contributed by atoms with Gasteiger partial charge >= 0.3 is 0 Å². The van der Waals surface area contributed by atoms with E-state index < -0.39 is 0 Å². The molecule has 0 bridgehead atoms. The van der Waals surface area contributed by atoms with Crippen LogP contribution in [0.2, 0.25) is 0 Å². The second kappa shape index (κ2) is 7.13. The van der Waals surface area contributed by atoms with E-state index in [0.29, 0.717) is 0 Å². The van der Waals surface area contributed by atoms with Gasteiger partial charge in [0.05, 0.1) is 11.9 Å². The van der Waals surface area contributed by atoms with Crippen LogP contribution in [0.25, 0.3) is 0 Å². The van der Waals surface area contributed by atoms with Crippen molar-refractivity contribution in [2.45, 2.75) is 32.1 Å². The van der Waals surface area contributed by atoms with Gasteiger partial charge in [-0.3, -0.25) is 4.79 Å². The van der Waals surface area contributed by atoms with Crippen LogP contribution in [0.3, 0.4) is 0 Å². The van der Waals surface area contributed by atoms with Gasteiger partial charge in [-0.05, 0) is 68.5 Å². The third-order valence-electron chi connectivity index (χ3n) is 4.84. The molecule has 0 atom stereocenters. The molecule has 1 aliphatic heterocycles. The van der Waals surface area contributed by atoms with Crippen LogP contribution in [0.5, 0.6) is 0 Å². The Bertz CT molecular complexity index is 716. The molecule has 1 saturated carbocycles. The van der Waals surface area contributed by atoms with E-state index in [9.17, 15) is 4.79 Å². The van der Waals surface area contributed by atoms with Crippen molar-refractivity contribution in [2.24, 2.45) is 5.92 Å². The van der Waals surface area contributed by atoms with E-state index >= 15 is 0 Å². The predicted octanol–water partition coefficient (Wildman–Crippen LogP) is 4.16. The molecule has 2 aromatic rings. The summed E-state index contributed by atoms with van der Waals surface area (Å²) >= 11 is 0. The Morgan fingerprint density at radius 3 is 2.32 bits per heavy atom. The minimum absolute atomic E-state index is 0.107. The number of nitrogens with zero attached hydrogens (tertiary/aromatic N) is 2. The van der Waals surface area contributed by atoms with Gasteiger partial charge in [0.15, 0.2) is 0 Å². The first kappa shape index (κ1) is 15.9. The molecule has 1 aliphatic carbocycles. The molecule has 130 valence electrons. The van der Waals surface area contributed by atoms with E-state index in [1.54, 1.807) is 6.20 Å². The van der Waals surface area contributed by atoms with E-state index in [1.165, 1.54) is 24.9 Å². The first-order valence-corrected chi connectivity index (χ1v) is 9.17. The van der Waals surface area contributed by atoms with E-state index in [-0.39, 0.29) is 11.8 Å². The van der Waals surface area contributed by atoms with Gasteiger partial charge in [-0.2, -0.15) is 0 Å². The fourth-order valence-electron chi connectivity index (χ4n) is 3.19. The number of benzene rings is 1. The summed E-state index contributed by atoms with van der Waals surface area (Å²) in [5, 5.41) is 6.21. The van der Waals surface area contributed by atoms with Crippen molar-refractivity contribution in [3.8, 4) is 0 Å². The predicted molar refractivity (Wildman–Crippen MR) is 101 cm³/mol. The molecule has 1 saturated heterocycles. The highest BCUT2D eigenvalue weighted by Crippen LogP contribution is 2.30. The Kier molecular flexibility index (Phi) is 4.55. The van der Waals surface area contributed by atoms with Crippen molar-refractivity contribution in [3.05, 3.63) is 42.6 Å². The minimum atomic E-state index is 0.107. The molecule has 25 heavy (non-hydrogen) atoms. The number of carbonyl (C=O) groups is 1. The summed E-state index contributed by atoms with van der Waals surface area (Å²) in [6.07, 6.45) is 7.63. The number of piperidine rings is 1. The van der Waals surface area contributed by atoms with E-state index in [2.05, 4.69) is 44.8 Å². The normalized spacial score (nSPS) is 17.2. The molecule has 4 rings (SSSR count). The summed E-state index contributed by atoms with van der Waals surface area (Å²) in [7, 11) is 0. The highest BCUT2D eigenvalue weighted by atomic mass is 16.2. The zero-order chi connectivity index (χ0) is 17.1. The standard InChI is InChI=1S/C20H24N4O/c25-20(15-4-5-15)23-17-8-11-19(21-14-17)22-16-6-9-18(10-7-16)24-12-2-1-3-13-24/h6-11,14-15H,1-5,12-13H2,(H,21,22)(H,23,25). The fourth-order valence-corrected chi connectivity index (χ4v) is 3.19. The van der Waals surface area contributed by atoms with Crippen LogP contribution in [0.4, 0.5) is 22.9 Å². The van der Waals surface area contributed by atoms with Crippen molar-refractivity contribution in [1.29, 1.82) is 0 Å². The number of nitrogens with one attached hydrogen (secondary N) is 2. The topological polar surface area (TPSA) is 57.3 Å². The third kappa shape index (κ3) is 4.10. The molecule has 2 aliphatic rings. The molecule has 1 aromatic heterocycles. The zero-order valence-electron chi connectivity index (χ0n) is 14.4. The first-order chi connectivity index (χ1) is 12.3. The van der Waals surface area contributed by atoms with E-state index in [1.807, 2.05) is 12.1 Å². The van der Waals surface area contributed by atoms with Crippen LogP contribution >= 0.6 is 0 Å². The van der Waals surface area contributed by atoms with Gasteiger partial charge in [0.2, 0.25) is 5.91 Å². The maximum absolute atomic E-state index is 11.8. The molecule has 2 fully saturated rings. The van der Waals surface area contributed by atoms with Crippen molar-refractivity contribution in [1.82, 2.24) is 4.98 Å². The second-order valence-corrected chi connectivity index (χ2v) is 6.92. The number of hydrogen-bond donors (Lipinski definition) is 2. The maximum atomic E-state index is 11.8. The lowest BCUT2D eigenvalue weighted by atomic mass is 10.1. The molecule has 5 nitrogen and oxygen atoms in total. The average molecular weight is 336 g/mol. The third-order valence-corrected chi connectivity index (χ3v) is 4.84. The molecule has 2 N–H and O–H groups in total. The highest BCUT2D eigenvalue weighted by Gasteiger charge is 2.29. The van der Waals surface area contributed by atoms with Gasteiger partial charge in [-0.25, -0.2) is 4.98 Å². The summed E-state index contributed by atoms with van der Waals surface area (Å²) in [4.78, 5) is 18.6. The van der Waals surface area contributed by atoms with Gasteiger partial charge < -0.3 is 15.5 Å². The van der Waals surface area contributed by atoms with E-state index in [0.717, 1.165) is 43.1 Å². The zero-order valence-corrected chi connectivity index (χ0v) is 14.4. The average Bonchev–Trinajstić information content (AvgIpc) is 3.50. The Hall–Kier alpha value is -2.56. The molecule has 5 heteroatoms. The van der Waals surface area contributed by atoms with Crippen LogP contribution < -0.4 is 15.5 Å². The lowest BCUT2D eigenvalue weighted by Crippen LogP contribution is -2.29. The van der Waals surface area contributed by atoms with Crippen LogP contribution in [0, 0.1) is 5.92 Å². The Morgan fingerprint density at radius 2 is 1.68 bits per heavy atom. The molecule has 0 radical (unpaired) electrons. The summed E-state index contributed by atoms with van der Waals surface area (Å²) in [5.41, 5.74) is 3.06. The maximum Gasteiger partial charge on any atom is 0.227 e. The molecule has 1 aromatic carbocycles. The van der Waals surface area contributed by atoms with Gasteiger partial charge in [0.1, 0.15) is 5.82 Å². The number of rotatable bonds is 5. The molecule has 2 heterocycles. The Labute approximate surface area is 148 Å². The lowest BCUT2D eigenvalue weighted by Gasteiger charge is -2.28. The molecule has 1 amide bonds. The molecule has 0 spiro atoms. The van der Waals surface area contributed by atoms with Crippen LogP contribution in [0.1, 0.15) is 32.1 Å². The number of hydrogen-bond acceptors (Lipinski definition) is 4. The first-order valence-electron chi connectivity index (χ1n) is 9.17. The van der Waals surface area contributed by atoms with E-state index in [4.69, 9.17) is 0 Å². The smallest absolute Gasteiger partial charge is 0.227 e. The van der Waals surface area contributed by atoms with Crippen LogP contribution in [-0.4, -0.2) is 24.0 Å². The largest absolute Gasteiger partial charge is 0.372 e. The lowest BCUT2D eigenvalue weighted by molar-refractivity contribution is -0.117. The van der Waals surface area contributed by atoms with Crippen LogP contribution in [0.15, 0.2) is 42.6 Å². The Morgan fingerprint density at radius 1 is 0.960 bits per heavy atom. The quantitative estimate of drug-likeness (QED) is 0.860. The summed E-state index contributed by atoms with van der Waals surface area (Å²) in [6, 6.07) is 12.3.